The van der Waals surface area contributed by atoms with Gasteiger partial charge in [-0.15, -0.1) is 0 Å². The minimum Gasteiger partial charge on any atom is -0.489 e. The fourth-order valence-electron chi connectivity index (χ4n) is 1.35. The molecular weight excluding hydrogens is 210 g/mol. The monoisotopic (exact) mass is 227 g/mol. The Morgan fingerprint density at radius 2 is 1.93 bits per heavy atom. The highest BCUT2D eigenvalue weighted by Gasteiger charge is 2.20. The van der Waals surface area contributed by atoms with Crippen LogP contribution in [0.2, 0.25) is 5.15 Å². The fraction of sp³-hybridized carbons (Fsp3) is 0.583. The molecule has 0 fully saturated rings. The molecule has 84 valence electrons. The molecule has 0 radical (unpaired) electrons. The van der Waals surface area contributed by atoms with Gasteiger partial charge < -0.3 is 4.74 Å². The van der Waals surface area contributed by atoms with Crippen LogP contribution in [0, 0.1) is 0 Å². The van der Waals surface area contributed by atoms with Crippen molar-refractivity contribution in [3.8, 4) is 5.75 Å². The summed E-state index contributed by atoms with van der Waals surface area (Å²) < 4.78 is 5.71. The third-order valence-electron chi connectivity index (χ3n) is 2.00. The molecular formula is C12H18ClNO. The summed E-state index contributed by atoms with van der Waals surface area (Å²) in [4.78, 5) is 4.05. The predicted molar refractivity (Wildman–Crippen MR) is 63.7 cm³/mol. The topological polar surface area (TPSA) is 22.1 Å². The predicted octanol–water partition coefficient (Wildman–Crippen LogP) is 3.82. The van der Waals surface area contributed by atoms with Crippen molar-refractivity contribution in [2.24, 2.45) is 0 Å². The van der Waals surface area contributed by atoms with E-state index in [1.807, 2.05) is 19.9 Å². The molecule has 0 saturated heterocycles. The third kappa shape index (κ3) is 3.38. The van der Waals surface area contributed by atoms with Crippen molar-refractivity contribution in [1.29, 1.82) is 0 Å². The van der Waals surface area contributed by atoms with Crippen LogP contribution >= 0.6 is 11.6 Å². The van der Waals surface area contributed by atoms with Crippen molar-refractivity contribution in [2.75, 3.05) is 0 Å². The zero-order valence-electron chi connectivity index (χ0n) is 9.97. The van der Waals surface area contributed by atoms with Gasteiger partial charge in [0.25, 0.3) is 0 Å². The fourth-order valence-corrected chi connectivity index (χ4v) is 1.51. The Bertz CT molecular complexity index is 342. The summed E-state index contributed by atoms with van der Waals surface area (Å²) in [6, 6.07) is 1.87. The molecule has 0 bridgehead atoms. The van der Waals surface area contributed by atoms with Crippen LogP contribution in [0.5, 0.6) is 5.75 Å². The first-order valence-electron chi connectivity index (χ1n) is 5.13. The number of aromatic nitrogens is 1. The quantitative estimate of drug-likeness (QED) is 0.717. The van der Waals surface area contributed by atoms with Crippen LogP contribution in [0.25, 0.3) is 0 Å². The molecule has 0 aromatic carbocycles. The first kappa shape index (κ1) is 12.3. The normalized spacial score (nSPS) is 11.9. The zero-order chi connectivity index (χ0) is 11.6. The summed E-state index contributed by atoms with van der Waals surface area (Å²) in [5.74, 6) is 0.821. The van der Waals surface area contributed by atoms with Gasteiger partial charge in [-0.1, -0.05) is 32.4 Å². The van der Waals surface area contributed by atoms with Gasteiger partial charge in [-0.3, -0.25) is 0 Å². The van der Waals surface area contributed by atoms with Gasteiger partial charge in [0.15, 0.2) is 0 Å². The number of ether oxygens (including phenoxy) is 1. The van der Waals surface area contributed by atoms with Crippen LogP contribution in [0.3, 0.4) is 0 Å². The Morgan fingerprint density at radius 1 is 1.33 bits per heavy atom. The molecule has 0 aliphatic heterocycles. The van der Waals surface area contributed by atoms with Gasteiger partial charge in [0.05, 0.1) is 12.3 Å². The van der Waals surface area contributed by atoms with Gasteiger partial charge in [-0.2, -0.15) is 0 Å². The molecule has 0 atom stereocenters. The first-order valence-corrected chi connectivity index (χ1v) is 5.51. The highest BCUT2D eigenvalue weighted by Crippen LogP contribution is 2.32. The molecule has 0 aliphatic rings. The van der Waals surface area contributed by atoms with Crippen LogP contribution in [0.1, 0.15) is 40.2 Å². The summed E-state index contributed by atoms with van der Waals surface area (Å²) in [5, 5.41) is 0.510. The Balaban J connectivity index is 3.15. The van der Waals surface area contributed by atoms with Gasteiger partial charge in [-0.05, 0) is 25.3 Å². The second kappa shape index (κ2) is 4.40. The van der Waals surface area contributed by atoms with Crippen LogP contribution in [0.4, 0.5) is 0 Å². The minimum absolute atomic E-state index is 0.0107. The molecule has 0 unspecified atom stereocenters. The van der Waals surface area contributed by atoms with E-state index in [0.29, 0.717) is 5.15 Å². The Morgan fingerprint density at radius 3 is 2.40 bits per heavy atom. The second-order valence-corrected chi connectivity index (χ2v) is 5.31. The number of hydrogen-bond acceptors (Lipinski definition) is 2. The van der Waals surface area contributed by atoms with Crippen LogP contribution in [-0.4, -0.2) is 11.1 Å². The van der Waals surface area contributed by atoms with Crippen molar-refractivity contribution >= 4 is 11.6 Å². The molecule has 1 rings (SSSR count). The van der Waals surface area contributed by atoms with Gasteiger partial charge in [-0.25, -0.2) is 4.98 Å². The van der Waals surface area contributed by atoms with E-state index in [-0.39, 0.29) is 11.5 Å². The number of halogens is 1. The maximum Gasteiger partial charge on any atom is 0.141 e. The molecule has 0 spiro atoms. The van der Waals surface area contributed by atoms with Gasteiger partial charge in [0.1, 0.15) is 10.9 Å². The smallest absolute Gasteiger partial charge is 0.141 e. The van der Waals surface area contributed by atoms with Gasteiger partial charge >= 0.3 is 0 Å². The average Bonchev–Trinajstić information content (AvgIpc) is 2.05. The molecule has 1 heterocycles. The Labute approximate surface area is 96.6 Å². The average molecular weight is 228 g/mol. The lowest BCUT2D eigenvalue weighted by atomic mass is 9.87. The van der Waals surface area contributed by atoms with Crippen molar-refractivity contribution < 1.29 is 4.74 Å². The molecule has 15 heavy (non-hydrogen) atoms. The molecule has 1 aromatic heterocycles. The maximum absolute atomic E-state index is 5.89. The van der Waals surface area contributed by atoms with Crippen LogP contribution in [-0.2, 0) is 5.41 Å². The highest BCUT2D eigenvalue weighted by atomic mass is 35.5. The Kier molecular flexibility index (Phi) is 3.61. The highest BCUT2D eigenvalue weighted by molar-refractivity contribution is 6.29. The maximum atomic E-state index is 5.89. The lowest BCUT2D eigenvalue weighted by Gasteiger charge is -2.23. The number of nitrogens with zero attached hydrogens (tertiary/aromatic N) is 1. The standard InChI is InChI=1S/C12H18ClNO/c1-8(2)15-10-7-14-11(13)6-9(10)12(3,4)5/h6-8H,1-5H3. The SMILES string of the molecule is CC(C)Oc1cnc(Cl)cc1C(C)(C)C. The van der Waals surface area contributed by atoms with E-state index in [4.69, 9.17) is 16.3 Å². The lowest BCUT2D eigenvalue weighted by molar-refractivity contribution is 0.235. The number of rotatable bonds is 2. The van der Waals surface area contributed by atoms with E-state index >= 15 is 0 Å². The van der Waals surface area contributed by atoms with E-state index in [9.17, 15) is 0 Å². The van der Waals surface area contributed by atoms with E-state index in [1.165, 1.54) is 0 Å². The Hall–Kier alpha value is -0.760. The largest absolute Gasteiger partial charge is 0.489 e. The molecule has 2 nitrogen and oxygen atoms in total. The zero-order valence-corrected chi connectivity index (χ0v) is 10.7. The molecule has 0 saturated carbocycles. The number of pyridine rings is 1. The van der Waals surface area contributed by atoms with E-state index < -0.39 is 0 Å². The second-order valence-electron chi connectivity index (χ2n) is 4.92. The van der Waals surface area contributed by atoms with E-state index in [1.54, 1.807) is 6.20 Å². The molecule has 1 aromatic rings. The van der Waals surface area contributed by atoms with Crippen molar-refractivity contribution in [3.63, 3.8) is 0 Å². The summed E-state index contributed by atoms with van der Waals surface area (Å²) in [7, 11) is 0. The van der Waals surface area contributed by atoms with Crippen molar-refractivity contribution in [1.82, 2.24) is 4.98 Å². The summed E-state index contributed by atoms with van der Waals surface area (Å²) in [6.45, 7) is 10.4. The van der Waals surface area contributed by atoms with Crippen molar-refractivity contribution in [3.05, 3.63) is 23.0 Å². The first-order chi connectivity index (χ1) is 6.80. The third-order valence-corrected chi connectivity index (χ3v) is 2.21. The van der Waals surface area contributed by atoms with Gasteiger partial charge in [0, 0.05) is 5.56 Å². The van der Waals surface area contributed by atoms with E-state index in [0.717, 1.165) is 11.3 Å². The van der Waals surface area contributed by atoms with Crippen LogP contribution < -0.4 is 4.74 Å². The number of hydrogen-bond donors (Lipinski definition) is 0. The minimum atomic E-state index is 0.0107. The molecule has 0 aliphatic carbocycles. The summed E-state index contributed by atoms with van der Waals surface area (Å²) >= 11 is 5.89. The molecule has 0 N–H and O–H groups in total. The molecule has 0 amide bonds. The summed E-state index contributed by atoms with van der Waals surface area (Å²) in [6.07, 6.45) is 1.84. The van der Waals surface area contributed by atoms with Gasteiger partial charge in [0.2, 0.25) is 0 Å². The van der Waals surface area contributed by atoms with Crippen molar-refractivity contribution in [2.45, 2.75) is 46.1 Å². The van der Waals surface area contributed by atoms with E-state index in [2.05, 4.69) is 25.8 Å². The summed E-state index contributed by atoms with van der Waals surface area (Å²) in [5.41, 5.74) is 1.10. The van der Waals surface area contributed by atoms with Crippen LogP contribution in [0.15, 0.2) is 12.3 Å². The lowest BCUT2D eigenvalue weighted by Crippen LogP contribution is -2.16. The molecule has 3 heteroatoms.